The molecule has 1 aromatic heterocycles. The minimum Gasteiger partial charge on any atom is -0.478 e. The number of nitrogens with zero attached hydrogens (tertiary/aromatic N) is 1. The molecule has 0 aliphatic heterocycles. The summed E-state index contributed by atoms with van der Waals surface area (Å²) in [5.41, 5.74) is 2.41. The first-order valence-electron chi connectivity index (χ1n) is 6.23. The Morgan fingerprint density at radius 3 is 2.85 bits per heavy atom. The molecule has 0 aliphatic carbocycles. The molecular weight excluding hydrogens is 320 g/mol. The van der Waals surface area contributed by atoms with Crippen molar-refractivity contribution in [1.82, 2.24) is 10.3 Å². The molecule has 20 heavy (non-hydrogen) atoms. The molecule has 2 aromatic rings. The Kier molecular flexibility index (Phi) is 4.87. The molecule has 0 amide bonds. The summed E-state index contributed by atoms with van der Waals surface area (Å²) in [5, 5.41) is 12.3. The quantitative estimate of drug-likeness (QED) is 0.879. The van der Waals surface area contributed by atoms with Crippen LogP contribution in [0.4, 0.5) is 0 Å². The zero-order valence-electron chi connectivity index (χ0n) is 11.0. The van der Waals surface area contributed by atoms with E-state index < -0.39 is 5.97 Å². The fourth-order valence-corrected chi connectivity index (χ4v) is 2.36. The molecule has 0 saturated carbocycles. The number of hydrogen-bond acceptors (Lipinski definition) is 3. The zero-order valence-corrected chi connectivity index (χ0v) is 12.6. The number of carbonyl (C=O) groups is 1. The van der Waals surface area contributed by atoms with Gasteiger partial charge in [-0.3, -0.25) is 4.98 Å². The van der Waals surface area contributed by atoms with Crippen LogP contribution >= 0.6 is 15.9 Å². The molecule has 0 unspecified atom stereocenters. The van der Waals surface area contributed by atoms with Gasteiger partial charge in [0.15, 0.2) is 0 Å². The van der Waals surface area contributed by atoms with Crippen molar-refractivity contribution in [1.29, 1.82) is 0 Å². The lowest BCUT2D eigenvalue weighted by molar-refractivity contribution is 0.0697. The number of aromatic nitrogens is 1. The van der Waals surface area contributed by atoms with Crippen molar-refractivity contribution >= 4 is 21.9 Å². The van der Waals surface area contributed by atoms with E-state index in [4.69, 9.17) is 5.11 Å². The van der Waals surface area contributed by atoms with Crippen LogP contribution < -0.4 is 5.32 Å². The molecule has 1 aromatic carbocycles. The lowest BCUT2D eigenvalue weighted by Gasteiger charge is -2.14. The smallest absolute Gasteiger partial charge is 0.335 e. The van der Waals surface area contributed by atoms with Gasteiger partial charge in [-0.05, 0) is 36.2 Å². The predicted octanol–water partition coefficient (Wildman–Crippen LogP) is 3.39. The van der Waals surface area contributed by atoms with Crippen molar-refractivity contribution in [3.63, 3.8) is 0 Å². The molecule has 2 N–H and O–H groups in total. The standard InChI is InChI=1S/C15H15BrN2O2/c1-10(12-3-2-6-17-8-12)18-9-13-5-4-11(15(19)20)7-14(13)16/h2-8,10,18H,9H2,1H3,(H,19,20)/t10-/m1/s1. The topological polar surface area (TPSA) is 62.2 Å². The lowest BCUT2D eigenvalue weighted by atomic mass is 10.1. The number of aromatic carboxylic acids is 1. The van der Waals surface area contributed by atoms with Gasteiger partial charge in [0.05, 0.1) is 5.56 Å². The number of benzene rings is 1. The van der Waals surface area contributed by atoms with Crippen molar-refractivity contribution in [2.24, 2.45) is 0 Å². The number of carboxylic acid groups (broad SMARTS) is 1. The van der Waals surface area contributed by atoms with E-state index in [0.29, 0.717) is 6.54 Å². The second-order valence-electron chi connectivity index (χ2n) is 4.50. The van der Waals surface area contributed by atoms with Crippen LogP contribution in [0.15, 0.2) is 47.2 Å². The van der Waals surface area contributed by atoms with E-state index in [1.807, 2.05) is 24.4 Å². The van der Waals surface area contributed by atoms with Gasteiger partial charge in [-0.15, -0.1) is 0 Å². The summed E-state index contributed by atoms with van der Waals surface area (Å²) in [6.45, 7) is 2.72. The Morgan fingerprint density at radius 2 is 2.25 bits per heavy atom. The van der Waals surface area contributed by atoms with E-state index in [9.17, 15) is 4.79 Å². The molecule has 0 fully saturated rings. The summed E-state index contributed by atoms with van der Waals surface area (Å²) in [6, 6.07) is 9.15. The van der Waals surface area contributed by atoms with Crippen molar-refractivity contribution in [3.8, 4) is 0 Å². The number of rotatable bonds is 5. The number of carboxylic acids is 1. The Bertz CT molecular complexity index is 602. The maximum Gasteiger partial charge on any atom is 0.335 e. The first-order valence-corrected chi connectivity index (χ1v) is 7.02. The molecule has 0 aliphatic rings. The van der Waals surface area contributed by atoms with Crippen LogP contribution in [0.2, 0.25) is 0 Å². The third kappa shape index (κ3) is 3.65. The van der Waals surface area contributed by atoms with Gasteiger partial charge in [0, 0.05) is 29.5 Å². The highest BCUT2D eigenvalue weighted by Gasteiger charge is 2.09. The second kappa shape index (κ2) is 6.63. The van der Waals surface area contributed by atoms with Crippen LogP contribution in [-0.4, -0.2) is 16.1 Å². The highest BCUT2D eigenvalue weighted by atomic mass is 79.9. The Balaban J connectivity index is 2.02. The van der Waals surface area contributed by atoms with Gasteiger partial charge in [0.25, 0.3) is 0 Å². The van der Waals surface area contributed by atoms with Gasteiger partial charge in [-0.2, -0.15) is 0 Å². The largest absolute Gasteiger partial charge is 0.478 e. The lowest BCUT2D eigenvalue weighted by Crippen LogP contribution is -2.18. The summed E-state index contributed by atoms with van der Waals surface area (Å²) in [5.74, 6) is -0.922. The fraction of sp³-hybridized carbons (Fsp3) is 0.200. The van der Waals surface area contributed by atoms with E-state index in [1.165, 1.54) is 0 Å². The van der Waals surface area contributed by atoms with E-state index in [0.717, 1.165) is 15.6 Å². The summed E-state index contributed by atoms with van der Waals surface area (Å²) in [4.78, 5) is 15.0. The molecule has 1 atom stereocenters. The second-order valence-corrected chi connectivity index (χ2v) is 5.35. The Hall–Kier alpha value is -1.72. The number of halogens is 1. The van der Waals surface area contributed by atoms with Crippen LogP contribution in [0.3, 0.4) is 0 Å². The number of pyridine rings is 1. The fourth-order valence-electron chi connectivity index (χ4n) is 1.84. The molecule has 4 nitrogen and oxygen atoms in total. The third-order valence-corrected chi connectivity index (χ3v) is 3.82. The SMILES string of the molecule is C[C@@H](NCc1ccc(C(=O)O)cc1Br)c1cccnc1. The molecular formula is C15H15BrN2O2. The van der Waals surface area contributed by atoms with E-state index in [2.05, 4.69) is 33.2 Å². The molecule has 0 bridgehead atoms. The summed E-state index contributed by atoms with van der Waals surface area (Å²) in [6.07, 6.45) is 3.58. The van der Waals surface area contributed by atoms with Crippen molar-refractivity contribution in [2.75, 3.05) is 0 Å². The zero-order chi connectivity index (χ0) is 14.5. The maximum atomic E-state index is 10.9. The normalized spacial score (nSPS) is 12.1. The van der Waals surface area contributed by atoms with Crippen LogP contribution in [0.1, 0.15) is 34.5 Å². The molecule has 0 saturated heterocycles. The van der Waals surface area contributed by atoms with Gasteiger partial charge in [0.1, 0.15) is 0 Å². The van der Waals surface area contributed by atoms with Crippen molar-refractivity contribution in [2.45, 2.75) is 19.5 Å². The van der Waals surface area contributed by atoms with E-state index in [-0.39, 0.29) is 11.6 Å². The summed E-state index contributed by atoms with van der Waals surface area (Å²) >= 11 is 3.41. The maximum absolute atomic E-state index is 10.9. The van der Waals surface area contributed by atoms with Crippen LogP contribution in [0, 0.1) is 0 Å². The van der Waals surface area contributed by atoms with Gasteiger partial charge in [-0.1, -0.05) is 28.1 Å². The van der Waals surface area contributed by atoms with Crippen LogP contribution in [0.5, 0.6) is 0 Å². The van der Waals surface area contributed by atoms with Crippen LogP contribution in [0.25, 0.3) is 0 Å². The van der Waals surface area contributed by atoms with Gasteiger partial charge in [0.2, 0.25) is 0 Å². The number of hydrogen-bond donors (Lipinski definition) is 2. The van der Waals surface area contributed by atoms with Gasteiger partial charge >= 0.3 is 5.97 Å². The van der Waals surface area contributed by atoms with Gasteiger partial charge in [-0.25, -0.2) is 4.79 Å². The van der Waals surface area contributed by atoms with E-state index >= 15 is 0 Å². The van der Waals surface area contributed by atoms with Crippen molar-refractivity contribution in [3.05, 3.63) is 63.9 Å². The van der Waals surface area contributed by atoms with Gasteiger partial charge < -0.3 is 10.4 Å². The van der Waals surface area contributed by atoms with E-state index in [1.54, 1.807) is 18.3 Å². The van der Waals surface area contributed by atoms with Crippen LogP contribution in [-0.2, 0) is 6.54 Å². The minimum absolute atomic E-state index is 0.176. The third-order valence-electron chi connectivity index (χ3n) is 3.08. The Labute approximate surface area is 126 Å². The molecule has 0 radical (unpaired) electrons. The molecule has 104 valence electrons. The highest BCUT2D eigenvalue weighted by Crippen LogP contribution is 2.20. The first kappa shape index (κ1) is 14.7. The van der Waals surface area contributed by atoms with Crippen molar-refractivity contribution < 1.29 is 9.90 Å². The first-order chi connectivity index (χ1) is 9.58. The summed E-state index contributed by atoms with van der Waals surface area (Å²) < 4.78 is 0.795. The average Bonchev–Trinajstić information content (AvgIpc) is 2.46. The minimum atomic E-state index is -0.922. The average molecular weight is 335 g/mol. The molecule has 5 heteroatoms. The monoisotopic (exact) mass is 334 g/mol. The predicted molar refractivity (Wildman–Crippen MR) is 80.6 cm³/mol. The molecule has 0 spiro atoms. The number of nitrogens with one attached hydrogen (secondary N) is 1. The summed E-state index contributed by atoms with van der Waals surface area (Å²) in [7, 11) is 0. The molecule has 1 heterocycles. The molecule has 2 rings (SSSR count). The Morgan fingerprint density at radius 1 is 1.45 bits per heavy atom. The highest BCUT2D eigenvalue weighted by molar-refractivity contribution is 9.10.